The molecule has 0 heterocycles. The van der Waals surface area contributed by atoms with Crippen molar-refractivity contribution in [3.63, 3.8) is 0 Å². The first-order valence-electron chi connectivity index (χ1n) is 6.96. The van der Waals surface area contributed by atoms with Gasteiger partial charge in [0.25, 0.3) is 0 Å². The summed E-state index contributed by atoms with van der Waals surface area (Å²) in [6.45, 7) is 6.42. The van der Waals surface area contributed by atoms with Gasteiger partial charge in [-0.25, -0.2) is 13.1 Å². The number of hydrogen-bond acceptors (Lipinski definition) is 3. The Kier molecular flexibility index (Phi) is 5.77. The summed E-state index contributed by atoms with van der Waals surface area (Å²) in [6.07, 6.45) is 5.67. The first-order chi connectivity index (χ1) is 8.68. The fourth-order valence-electron chi connectivity index (χ4n) is 2.98. The molecule has 0 aromatic rings. The zero-order valence-electron chi connectivity index (χ0n) is 12.1. The molecule has 6 heteroatoms. The molecule has 1 unspecified atom stereocenters. The molecule has 0 radical (unpaired) electrons. The molecule has 112 valence electrons. The van der Waals surface area contributed by atoms with Crippen molar-refractivity contribution in [1.82, 2.24) is 4.72 Å². The van der Waals surface area contributed by atoms with Crippen LogP contribution in [0.3, 0.4) is 0 Å². The van der Waals surface area contributed by atoms with Gasteiger partial charge in [-0.15, -0.1) is 0 Å². The first-order valence-corrected chi connectivity index (χ1v) is 8.92. The van der Waals surface area contributed by atoms with Gasteiger partial charge in [-0.3, -0.25) is 0 Å². The molecule has 0 bridgehead atoms. The third-order valence-corrected chi connectivity index (χ3v) is 6.25. The maximum Gasteiger partial charge on any atom is 0.220 e. The fourth-order valence-corrected chi connectivity index (χ4v) is 4.42. The van der Waals surface area contributed by atoms with Crippen LogP contribution in [0.2, 0.25) is 0 Å². The molecule has 1 fully saturated rings. The van der Waals surface area contributed by atoms with Gasteiger partial charge in [-0.2, -0.15) is 0 Å². The average molecular weight is 306 g/mol. The standard InChI is InChI=1S/C13H26N2O2S2/c1-10(2)8-13(6-4-5-7-13)9-15-19(16,17)11(3)12(14)18/h10-11,15H,4-9H2,1-3H3,(H2,14,18). The molecule has 1 aliphatic rings. The van der Waals surface area contributed by atoms with Crippen LogP contribution in [0.5, 0.6) is 0 Å². The lowest BCUT2D eigenvalue weighted by Crippen LogP contribution is -2.44. The zero-order chi connectivity index (χ0) is 14.7. The van der Waals surface area contributed by atoms with E-state index in [2.05, 4.69) is 18.6 Å². The fraction of sp³-hybridized carbons (Fsp3) is 0.923. The van der Waals surface area contributed by atoms with E-state index in [4.69, 9.17) is 18.0 Å². The van der Waals surface area contributed by atoms with E-state index in [-0.39, 0.29) is 10.4 Å². The Morgan fingerprint density at radius 2 is 1.84 bits per heavy atom. The maximum absolute atomic E-state index is 12.1. The molecule has 1 saturated carbocycles. The van der Waals surface area contributed by atoms with Crippen LogP contribution >= 0.6 is 12.2 Å². The first kappa shape index (κ1) is 16.9. The highest BCUT2D eigenvalue weighted by atomic mass is 32.2. The minimum Gasteiger partial charge on any atom is -0.392 e. The van der Waals surface area contributed by atoms with E-state index >= 15 is 0 Å². The number of hydrogen-bond donors (Lipinski definition) is 2. The highest BCUT2D eigenvalue weighted by Gasteiger charge is 2.36. The van der Waals surface area contributed by atoms with Crippen molar-refractivity contribution in [2.24, 2.45) is 17.1 Å². The Labute approximate surface area is 122 Å². The number of nitrogens with two attached hydrogens (primary N) is 1. The zero-order valence-corrected chi connectivity index (χ0v) is 13.7. The summed E-state index contributed by atoms with van der Waals surface area (Å²) in [4.78, 5) is 0.0248. The second-order valence-electron chi connectivity index (χ2n) is 6.22. The summed E-state index contributed by atoms with van der Waals surface area (Å²) < 4.78 is 26.9. The van der Waals surface area contributed by atoms with E-state index in [9.17, 15) is 8.42 Å². The van der Waals surface area contributed by atoms with Gasteiger partial charge in [0.1, 0.15) is 5.25 Å². The van der Waals surface area contributed by atoms with E-state index < -0.39 is 15.3 Å². The molecule has 19 heavy (non-hydrogen) atoms. The molecule has 0 aromatic carbocycles. The monoisotopic (exact) mass is 306 g/mol. The Bertz CT molecular complexity index is 412. The highest BCUT2D eigenvalue weighted by molar-refractivity contribution is 7.93. The average Bonchev–Trinajstić information content (AvgIpc) is 2.73. The van der Waals surface area contributed by atoms with Crippen LogP contribution in [0, 0.1) is 11.3 Å². The highest BCUT2D eigenvalue weighted by Crippen LogP contribution is 2.42. The Morgan fingerprint density at radius 1 is 1.32 bits per heavy atom. The summed E-state index contributed by atoms with van der Waals surface area (Å²) in [7, 11) is -3.44. The van der Waals surface area contributed by atoms with Gasteiger partial charge < -0.3 is 5.73 Å². The molecule has 0 aromatic heterocycles. The van der Waals surface area contributed by atoms with E-state index in [0.717, 1.165) is 19.3 Å². The van der Waals surface area contributed by atoms with E-state index in [1.807, 2.05) is 0 Å². The van der Waals surface area contributed by atoms with E-state index in [1.54, 1.807) is 0 Å². The number of thiocarbonyl (C=S) groups is 1. The molecule has 1 rings (SSSR count). The van der Waals surface area contributed by atoms with Gasteiger partial charge in [0.15, 0.2) is 0 Å². The van der Waals surface area contributed by atoms with Gasteiger partial charge in [-0.05, 0) is 37.5 Å². The minimum absolute atomic E-state index is 0.0248. The molecular formula is C13H26N2O2S2. The predicted molar refractivity (Wildman–Crippen MR) is 83.5 cm³/mol. The van der Waals surface area contributed by atoms with Crippen molar-refractivity contribution in [3.05, 3.63) is 0 Å². The van der Waals surface area contributed by atoms with Crippen molar-refractivity contribution in [1.29, 1.82) is 0 Å². The molecule has 1 aliphatic carbocycles. The minimum atomic E-state index is -3.44. The third kappa shape index (κ3) is 4.68. The maximum atomic E-state index is 12.1. The summed E-state index contributed by atoms with van der Waals surface area (Å²) >= 11 is 4.77. The van der Waals surface area contributed by atoms with Crippen molar-refractivity contribution in [3.8, 4) is 0 Å². The Hall–Kier alpha value is -0.200. The summed E-state index contributed by atoms with van der Waals surface area (Å²) in [5.74, 6) is 0.579. The largest absolute Gasteiger partial charge is 0.392 e. The van der Waals surface area contributed by atoms with Gasteiger partial charge in [-0.1, -0.05) is 38.9 Å². The van der Waals surface area contributed by atoms with E-state index in [1.165, 1.54) is 19.8 Å². The van der Waals surface area contributed by atoms with Crippen LogP contribution in [0.4, 0.5) is 0 Å². The van der Waals surface area contributed by atoms with Gasteiger partial charge in [0.05, 0.1) is 4.99 Å². The lowest BCUT2D eigenvalue weighted by Gasteiger charge is -2.31. The summed E-state index contributed by atoms with van der Waals surface area (Å²) in [5, 5.41) is -0.806. The quantitative estimate of drug-likeness (QED) is 0.707. The second kappa shape index (κ2) is 6.50. The topological polar surface area (TPSA) is 72.2 Å². The SMILES string of the molecule is CC(C)CC1(CNS(=O)(=O)C(C)C(N)=S)CCCC1. The van der Waals surface area contributed by atoms with Crippen LogP contribution in [0.1, 0.15) is 52.9 Å². The molecule has 0 amide bonds. The molecule has 0 aliphatic heterocycles. The number of nitrogens with one attached hydrogen (secondary N) is 1. The van der Waals surface area contributed by atoms with Crippen molar-refractivity contribution in [2.75, 3.05) is 6.54 Å². The predicted octanol–water partition coefficient (Wildman–Crippen LogP) is 2.19. The van der Waals surface area contributed by atoms with E-state index in [0.29, 0.717) is 12.5 Å². The molecule has 0 saturated heterocycles. The van der Waals surface area contributed by atoms with Crippen LogP contribution in [-0.4, -0.2) is 25.2 Å². The van der Waals surface area contributed by atoms with Gasteiger partial charge in [0, 0.05) is 6.54 Å². The lowest BCUT2D eigenvalue weighted by atomic mass is 9.79. The van der Waals surface area contributed by atoms with Crippen LogP contribution < -0.4 is 10.5 Å². The van der Waals surface area contributed by atoms with Gasteiger partial charge >= 0.3 is 0 Å². The number of rotatable bonds is 7. The normalized spacial score (nSPS) is 20.6. The van der Waals surface area contributed by atoms with Crippen LogP contribution in [0.25, 0.3) is 0 Å². The second-order valence-corrected chi connectivity index (χ2v) is 8.77. The van der Waals surface area contributed by atoms with Crippen LogP contribution in [0.15, 0.2) is 0 Å². The van der Waals surface area contributed by atoms with Gasteiger partial charge in [0.2, 0.25) is 10.0 Å². The smallest absolute Gasteiger partial charge is 0.220 e. The van der Waals surface area contributed by atoms with Crippen molar-refractivity contribution >= 4 is 27.2 Å². The third-order valence-electron chi connectivity index (χ3n) is 4.02. The molecule has 0 spiro atoms. The lowest BCUT2D eigenvalue weighted by molar-refractivity contribution is 0.236. The van der Waals surface area contributed by atoms with Crippen LogP contribution in [-0.2, 0) is 10.0 Å². The number of sulfonamides is 1. The molecular weight excluding hydrogens is 280 g/mol. The Balaban J connectivity index is 2.69. The summed E-state index contributed by atoms with van der Waals surface area (Å²) in [5.41, 5.74) is 5.55. The van der Waals surface area contributed by atoms with Crippen molar-refractivity contribution in [2.45, 2.75) is 58.1 Å². The Morgan fingerprint density at radius 3 is 2.26 bits per heavy atom. The molecule has 4 nitrogen and oxygen atoms in total. The van der Waals surface area contributed by atoms with Crippen molar-refractivity contribution < 1.29 is 8.42 Å². The summed E-state index contributed by atoms with van der Waals surface area (Å²) in [6, 6.07) is 0. The molecule has 3 N–H and O–H groups in total. The molecule has 1 atom stereocenters.